The molecule has 3 aromatic carbocycles. The number of fused-ring (bicyclic) bond motifs is 5. The van der Waals surface area contributed by atoms with Gasteiger partial charge in [-0.1, -0.05) is 37.1 Å². The Bertz CT molecular complexity index is 3770. The number of halogens is 3. The van der Waals surface area contributed by atoms with Crippen LogP contribution in [0.25, 0.3) is 21.8 Å². The molecule has 2 bridgehead atoms. The van der Waals surface area contributed by atoms with Gasteiger partial charge in [0.25, 0.3) is 0 Å². The second kappa shape index (κ2) is 36.8. The van der Waals surface area contributed by atoms with Crippen molar-refractivity contribution in [2.45, 2.75) is 168 Å². The number of carboxylic acid groups (broad SMARTS) is 1. The normalized spacial score (nSPS) is 26.1. The summed E-state index contributed by atoms with van der Waals surface area (Å²) in [5.74, 6) is -9.90. The molecular formula is C68H88ClF2N15O12S2. The Morgan fingerprint density at radius 2 is 1.27 bits per heavy atom. The molecular weight excluding hydrogens is 1360 g/mol. The first-order valence-electron chi connectivity index (χ1n) is 33.8. The van der Waals surface area contributed by atoms with Crippen molar-refractivity contribution in [1.29, 1.82) is 0 Å². The molecule has 27 nitrogen and oxygen atoms in total. The quantitative estimate of drug-likeness (QED) is 0.0526. The molecule has 4 aliphatic rings. The molecule has 2 saturated heterocycles. The monoisotopic (exact) mass is 1440 g/mol. The minimum atomic E-state index is -1.97. The summed E-state index contributed by atoms with van der Waals surface area (Å²) in [6, 6.07) is 3.50. The molecule has 1 saturated carbocycles. The number of nitrogens with two attached hydrogens (primary N) is 2. The second-order valence-corrected chi connectivity index (χ2v) is 28.7. The molecule has 3 unspecified atom stereocenters. The number of carbonyl (C=O) groups excluding carboxylic acids is 10. The number of aromatic nitrogens is 2. The van der Waals surface area contributed by atoms with Crippen LogP contribution in [-0.2, 0) is 77.1 Å². The lowest BCUT2D eigenvalue weighted by Crippen LogP contribution is -2.61. The van der Waals surface area contributed by atoms with Crippen LogP contribution in [0, 0.1) is 17.6 Å². The van der Waals surface area contributed by atoms with Gasteiger partial charge in [-0.05, 0) is 129 Å². The highest BCUT2D eigenvalue weighted by molar-refractivity contribution is 7.98. The molecule has 540 valence electrons. The van der Waals surface area contributed by atoms with Crippen molar-refractivity contribution in [3.05, 3.63) is 107 Å². The standard InChI is InChI=1S/C68H88ClF2N15O12S2/c69-42-9-4-6-37(21-42)22-55-68(98)86-18-5-11-57(86)67(97)85-56(61(73)91)35-100-34-39-8-3-7-38(20-39)33-99-19-16-58(87)79-50(10-1-2-17-72)62(92)77-32-59(88)80-51(23-40-29-75-48-14-12-43(70)25-46(40)48)63(93)81-52(24-41-30-76-49-15-13-44(71)26-47(41)49)64(94)83-54(28-60(89)90)66(96)82-53(65(95)84-55)27-45-31-74-36-78-45/h3,7-8,12-15,20,25-26,29-30,37,42,45,50-57,74-76,78H,1-2,4-6,9-11,16-19,21-24,27-28,31-36,72H2,(H2,73,91)(H,77,92)(H,79,87)(H,80,88)(H,81,93)(H,82,96)(H,83,94)(H,84,95)(H,85,97)(H,89,90)/t37?,42?,45?,50-,51-,52-,53-,54-,55-,56-,57-/m0/s1. The first-order valence-corrected chi connectivity index (χ1v) is 36.5. The van der Waals surface area contributed by atoms with E-state index in [-0.39, 0.29) is 73.1 Å². The van der Waals surface area contributed by atoms with Crippen molar-refractivity contribution >= 4 is 122 Å². The number of hydrogen-bond donors (Lipinski definition) is 15. The average molecular weight is 1450 g/mol. The predicted octanol–water partition coefficient (Wildman–Crippen LogP) is 1.97. The van der Waals surface area contributed by atoms with Crippen molar-refractivity contribution in [1.82, 2.24) is 68.0 Å². The molecule has 9 rings (SSSR count). The Hall–Kier alpha value is -8.36. The predicted molar refractivity (Wildman–Crippen MR) is 374 cm³/mol. The molecule has 3 fully saturated rings. The topological polar surface area (TPSA) is 415 Å². The fourth-order valence-corrected chi connectivity index (χ4v) is 15.5. The number of nitrogens with one attached hydrogen (secondary N) is 12. The summed E-state index contributed by atoms with van der Waals surface area (Å²) in [6.07, 6.45) is 5.45. The fraction of sp³-hybridized carbons (Fsp3) is 0.515. The van der Waals surface area contributed by atoms with Crippen LogP contribution in [0.3, 0.4) is 0 Å². The van der Waals surface area contributed by atoms with Crippen LogP contribution in [0.2, 0.25) is 0 Å². The van der Waals surface area contributed by atoms with E-state index in [2.05, 4.69) is 63.1 Å². The van der Waals surface area contributed by atoms with Gasteiger partial charge in [-0.3, -0.25) is 52.7 Å². The lowest BCUT2D eigenvalue weighted by atomic mass is 9.84. The SMILES string of the molecule is NCCCC[C@@H]1NC(=O)CCSCc2cccc(c2)CSC[C@@H](C(N)=O)NC(=O)[C@@H]2CCCN2C(=O)[C@H](CC2CCCC(Cl)C2)NC(=O)[C@H](CC2CNCN2)NC(=O)[C@H](CC(=O)O)NC(=O)[C@H](Cc2c[nH]c3ccc(F)cc23)NC(=O)[C@H](Cc2c[nH]c3ccc(F)cc23)NC(=O)CNC1=O. The fourth-order valence-electron chi connectivity index (χ4n) is 13.2. The summed E-state index contributed by atoms with van der Waals surface area (Å²) in [4.78, 5) is 164. The van der Waals surface area contributed by atoms with E-state index in [1.807, 2.05) is 24.3 Å². The number of unbranched alkanes of at least 4 members (excludes halogenated alkanes) is 1. The van der Waals surface area contributed by atoms with Crippen LogP contribution < -0.4 is 64.6 Å². The number of hydrogen-bond acceptors (Lipinski definition) is 16. The summed E-state index contributed by atoms with van der Waals surface area (Å²) < 4.78 is 29.8. The summed E-state index contributed by atoms with van der Waals surface area (Å²) in [6.45, 7) is 0.340. The van der Waals surface area contributed by atoms with E-state index in [0.29, 0.717) is 91.1 Å². The number of primary amides is 1. The van der Waals surface area contributed by atoms with Gasteiger partial charge in [0.05, 0.1) is 13.0 Å². The lowest BCUT2D eigenvalue weighted by molar-refractivity contribution is -0.143. The third-order valence-corrected chi connectivity index (χ3v) is 20.9. The number of benzene rings is 3. The molecule has 3 aliphatic heterocycles. The third kappa shape index (κ3) is 21.8. The number of thioether (sulfide) groups is 2. The largest absolute Gasteiger partial charge is 0.481 e. The van der Waals surface area contributed by atoms with Crippen LogP contribution in [0.4, 0.5) is 8.78 Å². The lowest BCUT2D eigenvalue weighted by Gasteiger charge is -2.34. The number of aliphatic carboxylic acids is 1. The smallest absolute Gasteiger partial charge is 0.305 e. The minimum Gasteiger partial charge on any atom is -0.481 e. The van der Waals surface area contributed by atoms with Crippen molar-refractivity contribution in [3.63, 3.8) is 0 Å². The molecule has 11 atom stereocenters. The van der Waals surface area contributed by atoms with Crippen LogP contribution in [-0.4, -0.2) is 189 Å². The Morgan fingerprint density at radius 1 is 0.650 bits per heavy atom. The van der Waals surface area contributed by atoms with Gasteiger partial charge < -0.3 is 84.6 Å². The third-order valence-electron chi connectivity index (χ3n) is 18.4. The number of alkyl halides is 1. The molecule has 5 aromatic rings. The van der Waals surface area contributed by atoms with E-state index in [0.717, 1.165) is 24.0 Å². The Balaban J connectivity index is 1.04. The van der Waals surface area contributed by atoms with Gasteiger partial charge in [0.1, 0.15) is 60.0 Å². The Kier molecular flexibility index (Phi) is 27.9. The number of aromatic amines is 2. The van der Waals surface area contributed by atoms with Crippen molar-refractivity contribution < 1.29 is 66.6 Å². The van der Waals surface area contributed by atoms with Crippen LogP contribution in [0.15, 0.2) is 73.1 Å². The number of carboxylic acids is 1. The Morgan fingerprint density at radius 3 is 1.91 bits per heavy atom. The molecule has 17 N–H and O–H groups in total. The highest BCUT2D eigenvalue weighted by Crippen LogP contribution is 2.33. The molecule has 2 aromatic heterocycles. The summed E-state index contributed by atoms with van der Waals surface area (Å²) in [5.41, 5.74) is 15.0. The van der Waals surface area contributed by atoms with E-state index in [4.69, 9.17) is 23.1 Å². The van der Waals surface area contributed by atoms with Crippen LogP contribution in [0.5, 0.6) is 0 Å². The maximum absolute atomic E-state index is 15.1. The average Bonchev–Trinajstić information content (AvgIpc) is 1.64. The second-order valence-electron chi connectivity index (χ2n) is 25.9. The maximum atomic E-state index is 15.1. The van der Waals surface area contributed by atoms with E-state index >= 15 is 19.2 Å². The van der Waals surface area contributed by atoms with Crippen LogP contribution in [0.1, 0.15) is 106 Å². The molecule has 0 spiro atoms. The summed E-state index contributed by atoms with van der Waals surface area (Å²) >= 11 is 9.53. The number of carbonyl (C=O) groups is 11. The molecule has 0 radical (unpaired) electrons. The molecule has 10 amide bonds. The summed E-state index contributed by atoms with van der Waals surface area (Å²) in [7, 11) is 0. The highest BCUT2D eigenvalue weighted by Gasteiger charge is 2.42. The number of nitrogens with zero attached hydrogens (tertiary/aromatic N) is 1. The van der Waals surface area contributed by atoms with Gasteiger partial charge in [-0.2, -0.15) is 23.5 Å². The van der Waals surface area contributed by atoms with Crippen molar-refractivity contribution in [2.24, 2.45) is 17.4 Å². The van der Waals surface area contributed by atoms with E-state index in [1.54, 1.807) is 0 Å². The first-order chi connectivity index (χ1) is 48.1. The van der Waals surface area contributed by atoms with Crippen molar-refractivity contribution in [3.8, 4) is 0 Å². The van der Waals surface area contributed by atoms with Gasteiger partial charge in [-0.25, -0.2) is 8.78 Å². The molecule has 32 heteroatoms. The first kappa shape index (κ1) is 75.8. The molecule has 1 aliphatic carbocycles. The highest BCUT2D eigenvalue weighted by atomic mass is 35.5. The maximum Gasteiger partial charge on any atom is 0.305 e. The summed E-state index contributed by atoms with van der Waals surface area (Å²) in [5, 5.41) is 38.5. The number of amides is 10. The number of rotatable bonds is 15. The zero-order chi connectivity index (χ0) is 71.4. The molecule has 100 heavy (non-hydrogen) atoms. The van der Waals surface area contributed by atoms with Gasteiger partial charge in [0, 0.05) is 108 Å². The minimum absolute atomic E-state index is 0.0237. The van der Waals surface area contributed by atoms with Gasteiger partial charge in [0.2, 0.25) is 59.1 Å². The van der Waals surface area contributed by atoms with Gasteiger partial charge in [0.15, 0.2) is 0 Å². The van der Waals surface area contributed by atoms with E-state index in [1.165, 1.54) is 77.2 Å². The van der Waals surface area contributed by atoms with E-state index < -0.39 is 150 Å². The van der Waals surface area contributed by atoms with E-state index in [9.17, 15) is 47.4 Å². The number of H-pyrrole nitrogens is 2. The van der Waals surface area contributed by atoms with Gasteiger partial charge >= 0.3 is 5.97 Å². The zero-order valence-electron chi connectivity index (χ0n) is 55.2. The van der Waals surface area contributed by atoms with Gasteiger partial charge in [-0.15, -0.1) is 11.6 Å². The van der Waals surface area contributed by atoms with Crippen LogP contribution >= 0.6 is 35.1 Å². The Labute approximate surface area is 589 Å². The zero-order valence-corrected chi connectivity index (χ0v) is 57.6. The molecule has 5 heterocycles. The van der Waals surface area contributed by atoms with Crippen molar-refractivity contribution in [2.75, 3.05) is 44.4 Å².